The summed E-state index contributed by atoms with van der Waals surface area (Å²) in [5, 5.41) is 5.83. The Kier molecular flexibility index (Phi) is 3.90. The van der Waals surface area contributed by atoms with E-state index in [9.17, 15) is 0 Å². The Balaban J connectivity index is 1.30. The van der Waals surface area contributed by atoms with E-state index in [1.807, 2.05) is 29.0 Å². The second-order valence-corrected chi connectivity index (χ2v) is 7.79. The molecular formula is C18H21N5OS. The number of hydrogen-bond acceptors (Lipinski definition) is 6. The lowest BCUT2D eigenvalue weighted by Crippen LogP contribution is -2.37. The highest BCUT2D eigenvalue weighted by molar-refractivity contribution is 7.20. The van der Waals surface area contributed by atoms with Gasteiger partial charge in [-0.15, -0.1) is 5.10 Å². The second kappa shape index (κ2) is 6.38. The Hall–Kier alpha value is -1.99. The van der Waals surface area contributed by atoms with E-state index in [0.717, 1.165) is 47.0 Å². The van der Waals surface area contributed by atoms with Crippen LogP contribution in [0.3, 0.4) is 0 Å². The largest absolute Gasteiger partial charge is 0.378 e. The molecule has 0 N–H and O–H groups in total. The molecule has 3 aromatic heterocycles. The minimum atomic E-state index is 0.498. The molecule has 0 aliphatic carbocycles. The van der Waals surface area contributed by atoms with Crippen molar-refractivity contribution in [3.63, 3.8) is 0 Å². The van der Waals surface area contributed by atoms with Gasteiger partial charge in [0.05, 0.1) is 18.0 Å². The average molecular weight is 355 g/mol. The molecule has 2 fully saturated rings. The summed E-state index contributed by atoms with van der Waals surface area (Å²) in [6.45, 7) is 3.08. The van der Waals surface area contributed by atoms with Crippen LogP contribution in [-0.4, -0.2) is 45.4 Å². The monoisotopic (exact) mass is 355 g/mol. The van der Waals surface area contributed by atoms with Gasteiger partial charge in [-0.2, -0.15) is 0 Å². The van der Waals surface area contributed by atoms with Gasteiger partial charge in [-0.3, -0.25) is 4.98 Å². The molecule has 7 heteroatoms. The lowest BCUT2D eigenvalue weighted by molar-refractivity contribution is 0.0531. The first-order valence-corrected chi connectivity index (χ1v) is 9.81. The quantitative estimate of drug-likeness (QED) is 0.722. The summed E-state index contributed by atoms with van der Waals surface area (Å²) in [6.07, 6.45) is 11.0. The minimum Gasteiger partial charge on any atom is -0.378 e. The first-order valence-electron chi connectivity index (χ1n) is 9.00. The minimum absolute atomic E-state index is 0.498. The molecule has 2 aliphatic rings. The molecule has 2 aliphatic heterocycles. The third kappa shape index (κ3) is 2.91. The molecule has 130 valence electrons. The van der Waals surface area contributed by atoms with Crippen molar-refractivity contribution in [2.24, 2.45) is 5.92 Å². The van der Waals surface area contributed by atoms with Crippen molar-refractivity contribution in [1.29, 1.82) is 0 Å². The normalized spacial score (nSPS) is 22.1. The number of pyridine rings is 1. The Labute approximate surface area is 150 Å². The SMILES string of the molecule is c1cncc(-c2cn3nc(N4CCC(C5CCCO5)CC4)sc3n2)c1. The standard InChI is InChI=1S/C18H21N5OS/c1-3-14(11-19-7-1)15-12-23-17(20-15)25-18(21-23)22-8-5-13(6-9-22)16-4-2-10-24-16/h1,3,7,11-13,16H,2,4-6,8-10H2. The van der Waals surface area contributed by atoms with Gasteiger partial charge in [0, 0.05) is 37.7 Å². The zero-order valence-electron chi connectivity index (χ0n) is 14.0. The Morgan fingerprint density at radius 2 is 2.12 bits per heavy atom. The predicted octanol–water partition coefficient (Wildman–Crippen LogP) is 3.25. The molecule has 1 atom stereocenters. The third-order valence-electron chi connectivity index (χ3n) is 5.29. The zero-order valence-corrected chi connectivity index (χ0v) is 14.9. The molecule has 25 heavy (non-hydrogen) atoms. The van der Waals surface area contributed by atoms with E-state index in [1.165, 1.54) is 25.7 Å². The van der Waals surface area contributed by atoms with Crippen LogP contribution in [0.4, 0.5) is 5.13 Å². The number of rotatable bonds is 3. The predicted molar refractivity (Wildman–Crippen MR) is 98.0 cm³/mol. The van der Waals surface area contributed by atoms with Gasteiger partial charge in [0.25, 0.3) is 0 Å². The summed E-state index contributed by atoms with van der Waals surface area (Å²) in [6, 6.07) is 3.95. The Morgan fingerprint density at radius 3 is 2.84 bits per heavy atom. The molecule has 5 rings (SSSR count). The maximum Gasteiger partial charge on any atom is 0.214 e. The molecule has 6 nitrogen and oxygen atoms in total. The lowest BCUT2D eigenvalue weighted by atomic mass is 9.90. The van der Waals surface area contributed by atoms with Crippen molar-refractivity contribution in [2.75, 3.05) is 24.6 Å². The van der Waals surface area contributed by atoms with Crippen LogP contribution in [0.15, 0.2) is 30.7 Å². The van der Waals surface area contributed by atoms with E-state index in [0.29, 0.717) is 6.10 Å². The van der Waals surface area contributed by atoms with E-state index < -0.39 is 0 Å². The smallest absolute Gasteiger partial charge is 0.214 e. The summed E-state index contributed by atoms with van der Waals surface area (Å²) in [4.78, 5) is 12.2. The molecule has 0 radical (unpaired) electrons. The van der Waals surface area contributed by atoms with Crippen LogP contribution in [-0.2, 0) is 4.74 Å². The van der Waals surface area contributed by atoms with Crippen molar-refractivity contribution < 1.29 is 4.74 Å². The molecule has 1 unspecified atom stereocenters. The Bertz CT molecular complexity index is 815. The van der Waals surface area contributed by atoms with E-state index in [-0.39, 0.29) is 0 Å². The number of aromatic nitrogens is 4. The van der Waals surface area contributed by atoms with Crippen molar-refractivity contribution in [3.8, 4) is 11.3 Å². The maximum atomic E-state index is 5.87. The van der Waals surface area contributed by atoms with Gasteiger partial charge in [-0.25, -0.2) is 9.50 Å². The first kappa shape index (κ1) is 15.3. The number of hydrogen-bond donors (Lipinski definition) is 0. The number of ether oxygens (including phenoxy) is 1. The van der Waals surface area contributed by atoms with Gasteiger partial charge < -0.3 is 9.64 Å². The summed E-state index contributed by atoms with van der Waals surface area (Å²) in [5.41, 5.74) is 1.95. The maximum absolute atomic E-state index is 5.87. The first-order chi connectivity index (χ1) is 12.4. The van der Waals surface area contributed by atoms with Crippen molar-refractivity contribution >= 4 is 21.4 Å². The van der Waals surface area contributed by atoms with Gasteiger partial charge in [-0.05, 0) is 43.7 Å². The summed E-state index contributed by atoms with van der Waals surface area (Å²) in [7, 11) is 0. The average Bonchev–Trinajstić information content (AvgIpc) is 3.39. The van der Waals surface area contributed by atoms with Crippen LogP contribution in [0.1, 0.15) is 25.7 Å². The Morgan fingerprint density at radius 1 is 1.20 bits per heavy atom. The van der Waals surface area contributed by atoms with Crippen LogP contribution in [0.25, 0.3) is 16.2 Å². The molecule has 2 saturated heterocycles. The zero-order chi connectivity index (χ0) is 16.6. The molecule has 0 aromatic carbocycles. The molecule has 0 bridgehead atoms. The van der Waals surface area contributed by atoms with Crippen molar-refractivity contribution in [3.05, 3.63) is 30.7 Å². The molecule has 0 saturated carbocycles. The second-order valence-electron chi connectivity index (χ2n) is 6.86. The van der Waals surface area contributed by atoms with E-state index in [1.54, 1.807) is 17.5 Å². The molecule has 0 amide bonds. The summed E-state index contributed by atoms with van der Waals surface area (Å²) < 4.78 is 7.77. The molecule has 0 spiro atoms. The topological polar surface area (TPSA) is 55.5 Å². The van der Waals surface area contributed by atoms with Crippen molar-refractivity contribution in [1.82, 2.24) is 19.6 Å². The highest BCUT2D eigenvalue weighted by Gasteiger charge is 2.30. The summed E-state index contributed by atoms with van der Waals surface area (Å²) in [5.74, 6) is 0.722. The van der Waals surface area contributed by atoms with Gasteiger partial charge in [0.2, 0.25) is 10.1 Å². The van der Waals surface area contributed by atoms with Crippen LogP contribution in [0.5, 0.6) is 0 Å². The van der Waals surface area contributed by atoms with E-state index in [4.69, 9.17) is 14.8 Å². The van der Waals surface area contributed by atoms with E-state index >= 15 is 0 Å². The van der Waals surface area contributed by atoms with Crippen LogP contribution in [0.2, 0.25) is 0 Å². The van der Waals surface area contributed by atoms with Gasteiger partial charge in [0.15, 0.2) is 0 Å². The molecule has 3 aromatic rings. The van der Waals surface area contributed by atoms with Crippen molar-refractivity contribution in [2.45, 2.75) is 31.8 Å². The lowest BCUT2D eigenvalue weighted by Gasteiger charge is -2.33. The number of nitrogens with zero attached hydrogens (tertiary/aromatic N) is 5. The molecular weight excluding hydrogens is 334 g/mol. The molecule has 5 heterocycles. The highest BCUT2D eigenvalue weighted by atomic mass is 32.1. The number of imidazole rings is 1. The highest BCUT2D eigenvalue weighted by Crippen LogP contribution is 2.33. The van der Waals surface area contributed by atoms with Crippen LogP contribution < -0.4 is 4.90 Å². The van der Waals surface area contributed by atoms with Crippen LogP contribution >= 0.6 is 11.3 Å². The van der Waals surface area contributed by atoms with Gasteiger partial charge >= 0.3 is 0 Å². The van der Waals surface area contributed by atoms with Gasteiger partial charge in [-0.1, -0.05) is 11.3 Å². The number of piperidine rings is 1. The van der Waals surface area contributed by atoms with Gasteiger partial charge in [0.1, 0.15) is 0 Å². The number of anilines is 1. The van der Waals surface area contributed by atoms with Crippen LogP contribution in [0, 0.1) is 5.92 Å². The fourth-order valence-corrected chi connectivity index (χ4v) is 4.84. The third-order valence-corrected chi connectivity index (χ3v) is 6.27. The van der Waals surface area contributed by atoms with E-state index in [2.05, 4.69) is 9.88 Å². The number of fused-ring (bicyclic) bond motifs is 1. The fourth-order valence-electron chi connectivity index (χ4n) is 3.91. The fraction of sp³-hybridized carbons (Fsp3) is 0.500. The summed E-state index contributed by atoms with van der Waals surface area (Å²) >= 11 is 1.67.